The zero-order valence-electron chi connectivity index (χ0n) is 12.1. The lowest BCUT2D eigenvalue weighted by Gasteiger charge is -2.15. The maximum Gasteiger partial charge on any atom is 0.262 e. The zero-order valence-corrected chi connectivity index (χ0v) is 12.1. The number of fused-ring (bicyclic) bond motifs is 1. The number of carbonyl (C=O) groups excluding carboxylic acids is 1. The van der Waals surface area contributed by atoms with Crippen molar-refractivity contribution < 1.29 is 9.21 Å². The molecule has 0 saturated heterocycles. The van der Waals surface area contributed by atoms with Crippen molar-refractivity contribution in [1.82, 2.24) is 15.3 Å². The maximum atomic E-state index is 12.5. The van der Waals surface area contributed by atoms with Gasteiger partial charge in [-0.15, -0.1) is 0 Å². The number of hydrogen-bond donors (Lipinski definition) is 2. The Hall–Kier alpha value is -2.11. The maximum absolute atomic E-state index is 12.5. The van der Waals surface area contributed by atoms with Gasteiger partial charge in [-0.1, -0.05) is 25.7 Å². The summed E-state index contributed by atoms with van der Waals surface area (Å²) >= 11 is 0. The first kappa shape index (κ1) is 13.9. The van der Waals surface area contributed by atoms with E-state index in [0.29, 0.717) is 11.3 Å². The summed E-state index contributed by atoms with van der Waals surface area (Å²) in [6.07, 6.45) is 7.99. The van der Waals surface area contributed by atoms with E-state index in [0.717, 1.165) is 25.7 Å². The van der Waals surface area contributed by atoms with Crippen molar-refractivity contribution in [2.75, 3.05) is 0 Å². The minimum Gasteiger partial charge on any atom is -0.442 e. The van der Waals surface area contributed by atoms with E-state index in [-0.39, 0.29) is 28.6 Å². The van der Waals surface area contributed by atoms with E-state index in [2.05, 4.69) is 15.3 Å². The van der Waals surface area contributed by atoms with Crippen LogP contribution in [0.15, 0.2) is 15.5 Å². The third-order valence-corrected chi connectivity index (χ3v) is 4.09. The molecule has 6 nitrogen and oxygen atoms in total. The van der Waals surface area contributed by atoms with E-state index >= 15 is 0 Å². The number of rotatable bonds is 2. The fourth-order valence-corrected chi connectivity index (χ4v) is 3.01. The van der Waals surface area contributed by atoms with E-state index in [1.54, 1.807) is 6.92 Å². The van der Waals surface area contributed by atoms with E-state index < -0.39 is 0 Å². The third kappa shape index (κ3) is 2.70. The molecule has 1 aliphatic carbocycles. The highest BCUT2D eigenvalue weighted by molar-refractivity contribution is 6.06. The fraction of sp³-hybridized carbons (Fsp3) is 0.533. The number of carbonyl (C=O) groups is 1. The van der Waals surface area contributed by atoms with Crippen molar-refractivity contribution in [2.24, 2.45) is 0 Å². The summed E-state index contributed by atoms with van der Waals surface area (Å²) in [5.41, 5.74) is 0.175. The van der Waals surface area contributed by atoms with Gasteiger partial charge >= 0.3 is 0 Å². The average Bonchev–Trinajstić information content (AvgIpc) is 2.62. The van der Waals surface area contributed by atoms with Crippen LogP contribution in [-0.4, -0.2) is 21.9 Å². The first-order valence-electron chi connectivity index (χ1n) is 7.44. The number of hydrogen-bond acceptors (Lipinski definition) is 4. The largest absolute Gasteiger partial charge is 0.442 e. The summed E-state index contributed by atoms with van der Waals surface area (Å²) in [5.74, 6) is 0.192. The molecule has 0 bridgehead atoms. The Morgan fingerprint density at radius 3 is 2.76 bits per heavy atom. The van der Waals surface area contributed by atoms with Gasteiger partial charge in [0.1, 0.15) is 11.1 Å². The molecule has 112 valence electrons. The Bertz CT molecular complexity index is 709. The summed E-state index contributed by atoms with van der Waals surface area (Å²) < 4.78 is 5.42. The predicted octanol–water partition coefficient (Wildman–Crippen LogP) is 2.28. The summed E-state index contributed by atoms with van der Waals surface area (Å²) in [6.45, 7) is 1.68. The molecule has 1 aliphatic rings. The lowest BCUT2D eigenvalue weighted by atomic mass is 10.1. The van der Waals surface area contributed by atoms with Crippen LogP contribution in [0.3, 0.4) is 0 Å². The van der Waals surface area contributed by atoms with Gasteiger partial charge in [0, 0.05) is 6.04 Å². The van der Waals surface area contributed by atoms with Gasteiger partial charge in [-0.25, -0.2) is 4.98 Å². The molecular formula is C15H19N3O3. The molecule has 0 aromatic carbocycles. The second kappa shape index (κ2) is 5.71. The van der Waals surface area contributed by atoms with E-state index in [1.165, 1.54) is 19.2 Å². The van der Waals surface area contributed by atoms with Crippen LogP contribution in [0.1, 0.15) is 54.6 Å². The smallest absolute Gasteiger partial charge is 0.262 e. The van der Waals surface area contributed by atoms with Crippen LogP contribution >= 0.6 is 0 Å². The van der Waals surface area contributed by atoms with E-state index in [4.69, 9.17) is 4.42 Å². The van der Waals surface area contributed by atoms with Crippen LogP contribution in [0.5, 0.6) is 0 Å². The fourth-order valence-electron chi connectivity index (χ4n) is 3.01. The Morgan fingerprint density at radius 2 is 2.05 bits per heavy atom. The van der Waals surface area contributed by atoms with Crippen molar-refractivity contribution in [3.8, 4) is 0 Å². The summed E-state index contributed by atoms with van der Waals surface area (Å²) in [7, 11) is 0. The predicted molar refractivity (Wildman–Crippen MR) is 78.3 cm³/mol. The molecule has 0 spiro atoms. The third-order valence-electron chi connectivity index (χ3n) is 4.09. The quantitative estimate of drug-likeness (QED) is 0.830. The van der Waals surface area contributed by atoms with Crippen LogP contribution in [-0.2, 0) is 0 Å². The van der Waals surface area contributed by atoms with Gasteiger partial charge in [-0.2, -0.15) is 0 Å². The topological polar surface area (TPSA) is 88.0 Å². The molecule has 0 atom stereocenters. The van der Waals surface area contributed by atoms with Crippen LogP contribution in [0.2, 0.25) is 0 Å². The number of nitrogens with zero attached hydrogens (tertiary/aromatic N) is 1. The zero-order chi connectivity index (χ0) is 14.8. The molecule has 1 fully saturated rings. The second-order valence-electron chi connectivity index (χ2n) is 5.61. The molecule has 3 rings (SSSR count). The molecule has 2 heterocycles. The van der Waals surface area contributed by atoms with Crippen LogP contribution < -0.4 is 10.9 Å². The van der Waals surface area contributed by atoms with Gasteiger partial charge in [0.25, 0.3) is 11.5 Å². The number of H-pyrrole nitrogens is 1. The summed E-state index contributed by atoms with van der Waals surface area (Å²) in [5, 5.41) is 3.28. The molecule has 0 aliphatic heterocycles. The first-order chi connectivity index (χ1) is 10.2. The standard InChI is InChI=1S/C15H19N3O3/c1-9-11(12-13(19)16-8-17-15(12)21-9)14(20)18-10-6-4-2-3-5-7-10/h8,10H,2-7H2,1H3,(H,18,20)(H,16,17,19). The molecule has 0 unspecified atom stereocenters. The molecular weight excluding hydrogens is 270 g/mol. The summed E-state index contributed by atoms with van der Waals surface area (Å²) in [6, 6.07) is 0.181. The van der Waals surface area contributed by atoms with Gasteiger partial charge < -0.3 is 14.7 Å². The Morgan fingerprint density at radius 1 is 1.33 bits per heavy atom. The number of furan rings is 1. The van der Waals surface area contributed by atoms with Crippen LogP contribution in [0.25, 0.3) is 11.1 Å². The minimum absolute atomic E-state index is 0.181. The van der Waals surface area contributed by atoms with E-state index in [9.17, 15) is 9.59 Å². The van der Waals surface area contributed by atoms with Gasteiger partial charge in [-0.3, -0.25) is 9.59 Å². The first-order valence-corrected chi connectivity index (χ1v) is 7.44. The number of nitrogens with one attached hydrogen (secondary N) is 2. The molecule has 1 amide bonds. The Kier molecular flexibility index (Phi) is 3.77. The number of aryl methyl sites for hydroxylation is 1. The normalized spacial score (nSPS) is 16.8. The Labute approximate surface area is 121 Å². The average molecular weight is 289 g/mol. The van der Waals surface area contributed by atoms with Crippen LogP contribution in [0.4, 0.5) is 0 Å². The molecule has 1 saturated carbocycles. The van der Waals surface area contributed by atoms with Crippen molar-refractivity contribution in [2.45, 2.75) is 51.5 Å². The molecule has 2 aromatic rings. The molecule has 2 N–H and O–H groups in total. The lowest BCUT2D eigenvalue weighted by Crippen LogP contribution is -2.35. The number of aromatic nitrogens is 2. The molecule has 21 heavy (non-hydrogen) atoms. The summed E-state index contributed by atoms with van der Waals surface area (Å²) in [4.78, 5) is 30.9. The van der Waals surface area contributed by atoms with Crippen molar-refractivity contribution in [3.05, 3.63) is 28.0 Å². The minimum atomic E-state index is -0.345. The van der Waals surface area contributed by atoms with Crippen LogP contribution in [0, 0.1) is 6.92 Å². The molecule has 0 radical (unpaired) electrons. The van der Waals surface area contributed by atoms with Gasteiger partial charge in [-0.05, 0) is 19.8 Å². The Balaban J connectivity index is 1.90. The van der Waals surface area contributed by atoms with Gasteiger partial charge in [0.05, 0.1) is 11.9 Å². The molecule has 2 aromatic heterocycles. The lowest BCUT2D eigenvalue weighted by molar-refractivity contribution is 0.0933. The number of amides is 1. The highest BCUT2D eigenvalue weighted by Crippen LogP contribution is 2.22. The van der Waals surface area contributed by atoms with E-state index in [1.807, 2.05) is 0 Å². The second-order valence-corrected chi connectivity index (χ2v) is 5.61. The van der Waals surface area contributed by atoms with Gasteiger partial charge in [0.15, 0.2) is 0 Å². The monoisotopic (exact) mass is 289 g/mol. The molecule has 6 heteroatoms. The highest BCUT2D eigenvalue weighted by atomic mass is 16.3. The van der Waals surface area contributed by atoms with Crippen molar-refractivity contribution in [3.63, 3.8) is 0 Å². The highest BCUT2D eigenvalue weighted by Gasteiger charge is 2.24. The van der Waals surface area contributed by atoms with Crippen molar-refractivity contribution >= 4 is 17.0 Å². The number of aromatic amines is 1. The van der Waals surface area contributed by atoms with Crippen molar-refractivity contribution in [1.29, 1.82) is 0 Å². The SMILES string of the molecule is Cc1oc2nc[nH]c(=O)c2c1C(=O)NC1CCCCCC1. The van der Waals surface area contributed by atoms with Gasteiger partial charge in [0.2, 0.25) is 5.71 Å².